The van der Waals surface area contributed by atoms with Crippen LogP contribution < -0.4 is 4.74 Å². The average molecular weight is 526 g/mol. The van der Waals surface area contributed by atoms with Crippen molar-refractivity contribution in [3.8, 4) is 22.6 Å². The molecule has 0 saturated carbocycles. The number of carbonyl (C=O) groups excluding carboxylic acids is 1. The zero-order chi connectivity index (χ0) is 27.2. The number of hydrogen-bond acceptors (Lipinski definition) is 6. The maximum atomic E-state index is 14.3. The summed E-state index contributed by atoms with van der Waals surface area (Å²) in [5.74, 6) is -0.371. The lowest BCUT2D eigenvalue weighted by molar-refractivity contribution is -0.0543. The second-order valence-corrected chi connectivity index (χ2v) is 11.8. The molecule has 2 saturated heterocycles. The monoisotopic (exact) mass is 525 g/mol. The number of amides is 1. The van der Waals surface area contributed by atoms with Crippen LogP contribution in [0.1, 0.15) is 60.1 Å². The number of hydrogen-bond donors (Lipinski definition) is 1. The number of nitrogens with zero attached hydrogens (tertiary/aromatic N) is 3. The van der Waals surface area contributed by atoms with Crippen molar-refractivity contribution < 1.29 is 28.5 Å². The predicted molar refractivity (Wildman–Crippen MR) is 142 cm³/mol. The third-order valence-electron chi connectivity index (χ3n) is 7.28. The van der Waals surface area contributed by atoms with Crippen molar-refractivity contribution in [3.05, 3.63) is 42.3 Å². The Bertz CT molecular complexity index is 1330. The molecular weight excluding hydrogens is 489 g/mol. The number of benzene rings is 2. The van der Waals surface area contributed by atoms with E-state index in [9.17, 15) is 14.3 Å². The molecule has 38 heavy (non-hydrogen) atoms. The van der Waals surface area contributed by atoms with E-state index in [0.717, 1.165) is 35.7 Å². The highest BCUT2D eigenvalue weighted by Crippen LogP contribution is 2.40. The van der Waals surface area contributed by atoms with Crippen molar-refractivity contribution in [2.45, 2.75) is 71.3 Å². The van der Waals surface area contributed by atoms with Crippen molar-refractivity contribution >= 4 is 17.0 Å². The second-order valence-electron chi connectivity index (χ2n) is 11.8. The molecule has 1 unspecified atom stereocenters. The lowest BCUT2D eigenvalue weighted by atomic mass is 9.84. The summed E-state index contributed by atoms with van der Waals surface area (Å²) >= 11 is 0. The van der Waals surface area contributed by atoms with E-state index in [4.69, 9.17) is 14.2 Å². The molecule has 2 fully saturated rings. The minimum atomic E-state index is -0.689. The maximum absolute atomic E-state index is 14.3. The molecule has 0 radical (unpaired) electrons. The van der Waals surface area contributed by atoms with E-state index in [1.807, 2.05) is 51.4 Å². The number of rotatable bonds is 5. The molecule has 2 aromatic carbocycles. The number of ether oxygens (including phenoxy) is 3. The van der Waals surface area contributed by atoms with Crippen LogP contribution in [0.25, 0.3) is 22.0 Å². The molecule has 0 bridgehead atoms. The fraction of sp³-hybridized carbons (Fsp3) is 0.517. The Labute approximate surface area is 222 Å². The van der Waals surface area contributed by atoms with Gasteiger partial charge in [-0.2, -0.15) is 5.10 Å². The number of fused-ring (bicyclic) bond motifs is 1. The van der Waals surface area contributed by atoms with Crippen LogP contribution in [-0.4, -0.2) is 56.8 Å². The number of phenols is 1. The number of halogens is 1. The third kappa shape index (κ3) is 5.29. The molecule has 2 aliphatic rings. The number of aromatic nitrogens is 2. The fourth-order valence-electron chi connectivity index (χ4n) is 4.96. The van der Waals surface area contributed by atoms with Gasteiger partial charge >= 0.3 is 6.09 Å². The zero-order valence-corrected chi connectivity index (χ0v) is 22.7. The molecule has 0 spiro atoms. The molecule has 3 heterocycles. The summed E-state index contributed by atoms with van der Waals surface area (Å²) < 4.78 is 34.3. The van der Waals surface area contributed by atoms with Crippen LogP contribution in [0.5, 0.6) is 11.5 Å². The number of likely N-dealkylation sites (tertiary alicyclic amines) is 1. The molecular formula is C29H36FN3O5. The average Bonchev–Trinajstić information content (AvgIpc) is 3.23. The highest BCUT2D eigenvalue weighted by molar-refractivity contribution is 5.90. The number of aromatic hydroxyl groups is 1. The quantitative estimate of drug-likeness (QED) is 0.423. The van der Waals surface area contributed by atoms with Crippen LogP contribution in [0.4, 0.5) is 9.18 Å². The summed E-state index contributed by atoms with van der Waals surface area (Å²) in [5, 5.41) is 15.2. The minimum Gasteiger partial charge on any atom is -0.505 e. The van der Waals surface area contributed by atoms with Gasteiger partial charge in [-0.15, -0.1) is 0 Å². The minimum absolute atomic E-state index is 0.0940. The number of carbonyl (C=O) groups is 1. The Morgan fingerprint density at radius 1 is 1.11 bits per heavy atom. The predicted octanol–water partition coefficient (Wildman–Crippen LogP) is 6.27. The van der Waals surface area contributed by atoms with Crippen LogP contribution in [0.15, 0.2) is 36.5 Å². The SMILES string of the molecule is CC(C)(C)OC(=O)N1CC(C(C)(C)Oc2cc(-c3ccc(O)c(F)c3)cc3c2cnn3C2CCCCO2)C1. The van der Waals surface area contributed by atoms with Crippen LogP contribution in [0, 0.1) is 11.7 Å². The summed E-state index contributed by atoms with van der Waals surface area (Å²) in [5.41, 5.74) is 1.03. The molecule has 1 atom stereocenters. The standard InChI is InChI=1S/C29H36FN3O5/c1-28(2,3)38-27(35)32-16-20(17-32)29(4,5)37-25-14-19(18-9-10-24(34)22(30)12-18)13-23-21(25)15-31-33(23)26-8-6-7-11-36-26/h9-10,12-15,20,26,34H,6-8,11,16-17H2,1-5H3. The van der Waals surface area contributed by atoms with Crippen LogP contribution in [0.2, 0.25) is 0 Å². The molecule has 204 valence electrons. The lowest BCUT2D eigenvalue weighted by Crippen LogP contribution is -2.60. The van der Waals surface area contributed by atoms with Gasteiger partial charge < -0.3 is 24.2 Å². The molecule has 9 heteroatoms. The normalized spacial score (nSPS) is 18.9. The molecule has 1 amide bonds. The molecule has 1 aromatic heterocycles. The lowest BCUT2D eigenvalue weighted by Gasteiger charge is -2.47. The second kappa shape index (κ2) is 9.76. The molecule has 8 nitrogen and oxygen atoms in total. The van der Waals surface area contributed by atoms with Crippen molar-refractivity contribution in [2.24, 2.45) is 5.92 Å². The van der Waals surface area contributed by atoms with Gasteiger partial charge in [0.1, 0.15) is 17.0 Å². The first-order chi connectivity index (χ1) is 17.9. The molecule has 1 N–H and O–H groups in total. The molecule has 0 aliphatic carbocycles. The largest absolute Gasteiger partial charge is 0.505 e. The van der Waals surface area contributed by atoms with Gasteiger partial charge in [0.05, 0.1) is 17.1 Å². The number of phenolic OH excluding ortho intramolecular Hbond substituents is 1. The molecule has 5 rings (SSSR count). The van der Waals surface area contributed by atoms with Gasteiger partial charge in [0.25, 0.3) is 0 Å². The highest BCUT2D eigenvalue weighted by atomic mass is 19.1. The Morgan fingerprint density at radius 2 is 1.87 bits per heavy atom. The summed E-state index contributed by atoms with van der Waals surface area (Å²) in [6.07, 6.45) is 4.23. The van der Waals surface area contributed by atoms with Gasteiger partial charge in [-0.3, -0.25) is 0 Å². The summed E-state index contributed by atoms with van der Waals surface area (Å²) in [6, 6.07) is 8.18. The van der Waals surface area contributed by atoms with Crippen molar-refractivity contribution in [1.29, 1.82) is 0 Å². The first kappa shape index (κ1) is 26.3. The third-order valence-corrected chi connectivity index (χ3v) is 7.28. The Morgan fingerprint density at radius 3 is 2.53 bits per heavy atom. The van der Waals surface area contributed by atoms with E-state index in [0.29, 0.717) is 31.0 Å². The first-order valence-corrected chi connectivity index (χ1v) is 13.2. The zero-order valence-electron chi connectivity index (χ0n) is 22.7. The van der Waals surface area contributed by atoms with Crippen molar-refractivity contribution in [2.75, 3.05) is 19.7 Å². The Balaban J connectivity index is 1.46. The fourth-order valence-corrected chi connectivity index (χ4v) is 4.96. The van der Waals surface area contributed by atoms with Gasteiger partial charge in [-0.05, 0) is 89.3 Å². The summed E-state index contributed by atoms with van der Waals surface area (Å²) in [4.78, 5) is 14.1. The smallest absolute Gasteiger partial charge is 0.410 e. The Kier molecular flexibility index (Phi) is 6.75. The van der Waals surface area contributed by atoms with Crippen LogP contribution in [-0.2, 0) is 9.47 Å². The van der Waals surface area contributed by atoms with E-state index in [-0.39, 0.29) is 18.2 Å². The van der Waals surface area contributed by atoms with Crippen molar-refractivity contribution in [3.63, 3.8) is 0 Å². The topological polar surface area (TPSA) is 86.0 Å². The van der Waals surface area contributed by atoms with E-state index >= 15 is 0 Å². The first-order valence-electron chi connectivity index (χ1n) is 13.2. The van der Waals surface area contributed by atoms with E-state index < -0.39 is 22.8 Å². The van der Waals surface area contributed by atoms with Gasteiger partial charge in [0.2, 0.25) is 0 Å². The van der Waals surface area contributed by atoms with E-state index in [1.54, 1.807) is 17.2 Å². The van der Waals surface area contributed by atoms with E-state index in [1.165, 1.54) is 12.1 Å². The van der Waals surface area contributed by atoms with Crippen LogP contribution in [0.3, 0.4) is 0 Å². The van der Waals surface area contributed by atoms with Gasteiger partial charge in [0.15, 0.2) is 17.8 Å². The van der Waals surface area contributed by atoms with Crippen LogP contribution >= 0.6 is 0 Å². The van der Waals surface area contributed by atoms with E-state index in [2.05, 4.69) is 5.10 Å². The Hall–Kier alpha value is -3.33. The highest BCUT2D eigenvalue weighted by Gasteiger charge is 2.44. The summed E-state index contributed by atoms with van der Waals surface area (Å²) in [6.45, 7) is 11.3. The van der Waals surface area contributed by atoms with Gasteiger partial charge in [0, 0.05) is 25.6 Å². The van der Waals surface area contributed by atoms with Crippen molar-refractivity contribution in [1.82, 2.24) is 14.7 Å². The van der Waals surface area contributed by atoms with Gasteiger partial charge in [-0.1, -0.05) is 6.07 Å². The molecule has 3 aromatic rings. The van der Waals surface area contributed by atoms with Gasteiger partial charge in [-0.25, -0.2) is 13.9 Å². The summed E-state index contributed by atoms with van der Waals surface area (Å²) in [7, 11) is 0. The molecule has 2 aliphatic heterocycles. The maximum Gasteiger partial charge on any atom is 0.410 e.